The minimum Gasteiger partial charge on any atom is -0.397 e. The summed E-state index contributed by atoms with van der Waals surface area (Å²) in [7, 11) is 0. The fourth-order valence-electron chi connectivity index (χ4n) is 2.83. The van der Waals surface area contributed by atoms with Crippen LogP contribution in [-0.4, -0.2) is 17.4 Å². The molecule has 0 spiro atoms. The van der Waals surface area contributed by atoms with E-state index >= 15 is 0 Å². The van der Waals surface area contributed by atoms with Gasteiger partial charge in [0.05, 0.1) is 17.4 Å². The molecule has 108 valence electrons. The molecule has 1 aliphatic rings. The zero-order valence-electron chi connectivity index (χ0n) is 11.9. The number of hydrogen-bond donors (Lipinski definition) is 2. The molecule has 0 aliphatic carbocycles. The third kappa shape index (κ3) is 2.42. The van der Waals surface area contributed by atoms with Crippen molar-refractivity contribution in [3.05, 3.63) is 47.7 Å². The zero-order valence-corrected chi connectivity index (χ0v) is 11.9. The van der Waals surface area contributed by atoms with Crippen LogP contribution in [0.3, 0.4) is 0 Å². The van der Waals surface area contributed by atoms with E-state index in [1.807, 2.05) is 12.1 Å². The van der Waals surface area contributed by atoms with E-state index in [2.05, 4.69) is 28.9 Å². The van der Waals surface area contributed by atoms with Crippen molar-refractivity contribution in [1.29, 1.82) is 0 Å². The topological polar surface area (TPSA) is 85.2 Å². The van der Waals surface area contributed by atoms with Crippen LogP contribution < -0.4 is 16.4 Å². The van der Waals surface area contributed by atoms with Gasteiger partial charge in [-0.2, -0.15) is 0 Å². The second-order valence-corrected chi connectivity index (χ2v) is 5.54. The predicted molar refractivity (Wildman–Crippen MR) is 83.5 cm³/mol. The van der Waals surface area contributed by atoms with Gasteiger partial charge < -0.3 is 16.4 Å². The molecule has 1 aliphatic heterocycles. The number of nitrogens with zero attached hydrogens (tertiary/aromatic N) is 2. The Kier molecular flexibility index (Phi) is 3.25. The molecule has 1 unspecified atom stereocenters. The highest BCUT2D eigenvalue weighted by molar-refractivity contribution is 5.98. The molecule has 0 saturated carbocycles. The second-order valence-electron chi connectivity index (χ2n) is 5.54. The number of amides is 1. The van der Waals surface area contributed by atoms with Gasteiger partial charge in [0.15, 0.2) is 0 Å². The summed E-state index contributed by atoms with van der Waals surface area (Å²) < 4.78 is 0. The summed E-state index contributed by atoms with van der Waals surface area (Å²) >= 11 is 0. The van der Waals surface area contributed by atoms with E-state index in [0.717, 1.165) is 18.7 Å². The Balaban J connectivity index is 2.08. The highest BCUT2D eigenvalue weighted by atomic mass is 16.1. The van der Waals surface area contributed by atoms with Gasteiger partial charge in [-0.05, 0) is 30.0 Å². The summed E-state index contributed by atoms with van der Waals surface area (Å²) in [6.07, 6.45) is 2.54. The first kappa shape index (κ1) is 13.4. The van der Waals surface area contributed by atoms with E-state index < -0.39 is 5.91 Å². The van der Waals surface area contributed by atoms with Gasteiger partial charge >= 0.3 is 0 Å². The van der Waals surface area contributed by atoms with Crippen LogP contribution in [0.25, 0.3) is 0 Å². The van der Waals surface area contributed by atoms with Crippen molar-refractivity contribution < 1.29 is 4.79 Å². The van der Waals surface area contributed by atoms with E-state index in [4.69, 9.17) is 11.5 Å². The molecule has 4 N–H and O–H groups in total. The third-order valence-corrected chi connectivity index (χ3v) is 3.81. The largest absolute Gasteiger partial charge is 0.397 e. The van der Waals surface area contributed by atoms with Crippen molar-refractivity contribution in [2.24, 2.45) is 11.7 Å². The zero-order chi connectivity index (χ0) is 15.0. The Morgan fingerprint density at radius 1 is 1.38 bits per heavy atom. The Bertz CT molecular complexity index is 698. The van der Waals surface area contributed by atoms with Gasteiger partial charge in [0.25, 0.3) is 5.91 Å². The molecule has 3 rings (SSSR count). The first-order valence-electron chi connectivity index (χ1n) is 6.97. The number of hydrogen-bond acceptors (Lipinski definition) is 4. The minimum absolute atomic E-state index is 0.310. The number of para-hydroxylation sites is 1. The number of carbonyl (C=O) groups is 1. The smallest absolute Gasteiger partial charge is 0.250 e. The molecule has 0 radical (unpaired) electrons. The van der Waals surface area contributed by atoms with Crippen LogP contribution in [-0.2, 0) is 6.42 Å². The Hall–Kier alpha value is -2.56. The lowest BCUT2D eigenvalue weighted by atomic mass is 9.94. The number of fused-ring (bicyclic) bond motifs is 1. The summed E-state index contributed by atoms with van der Waals surface area (Å²) in [6, 6.07) is 9.92. The first-order chi connectivity index (χ1) is 10.1. The van der Waals surface area contributed by atoms with Crippen LogP contribution in [0.1, 0.15) is 22.8 Å². The molecule has 2 aromatic rings. The number of primary amides is 1. The summed E-state index contributed by atoms with van der Waals surface area (Å²) in [6.45, 7) is 3.06. The SMILES string of the molecule is CC1Cc2ccccc2N(c2cc(C(N)=O)c(N)cn2)C1. The van der Waals surface area contributed by atoms with Crippen molar-refractivity contribution in [2.75, 3.05) is 17.2 Å². The van der Waals surface area contributed by atoms with Crippen molar-refractivity contribution >= 4 is 23.1 Å². The molecule has 2 heterocycles. The van der Waals surface area contributed by atoms with E-state index in [0.29, 0.717) is 23.0 Å². The summed E-state index contributed by atoms with van der Waals surface area (Å²) in [5.41, 5.74) is 14.2. The Morgan fingerprint density at radius 2 is 2.14 bits per heavy atom. The van der Waals surface area contributed by atoms with Crippen LogP contribution in [0.2, 0.25) is 0 Å². The second kappa shape index (κ2) is 5.09. The highest BCUT2D eigenvalue weighted by Crippen LogP contribution is 2.34. The lowest BCUT2D eigenvalue weighted by molar-refractivity contribution is 0.100. The van der Waals surface area contributed by atoms with Crippen molar-refractivity contribution in [3.63, 3.8) is 0 Å². The average molecular weight is 282 g/mol. The Morgan fingerprint density at radius 3 is 2.90 bits per heavy atom. The maximum Gasteiger partial charge on any atom is 0.250 e. The molecule has 5 nitrogen and oxygen atoms in total. The number of nitrogen functional groups attached to an aromatic ring is 1. The maximum atomic E-state index is 11.5. The van der Waals surface area contributed by atoms with E-state index in [1.54, 1.807) is 6.07 Å². The monoisotopic (exact) mass is 282 g/mol. The van der Waals surface area contributed by atoms with Crippen LogP contribution in [0.4, 0.5) is 17.2 Å². The van der Waals surface area contributed by atoms with Gasteiger partial charge in [-0.3, -0.25) is 4.79 Å². The quantitative estimate of drug-likeness (QED) is 0.883. The lowest BCUT2D eigenvalue weighted by Gasteiger charge is -2.34. The van der Waals surface area contributed by atoms with Crippen molar-refractivity contribution in [2.45, 2.75) is 13.3 Å². The standard InChI is InChI=1S/C16H18N4O/c1-10-6-11-4-2-3-5-14(11)20(9-10)15-7-12(16(18)21)13(17)8-19-15/h2-5,7-8,10H,6,9,17H2,1H3,(H2,18,21). The fourth-order valence-corrected chi connectivity index (χ4v) is 2.83. The van der Waals surface area contributed by atoms with Crippen LogP contribution in [0.5, 0.6) is 0 Å². The molecular weight excluding hydrogens is 264 g/mol. The highest BCUT2D eigenvalue weighted by Gasteiger charge is 2.24. The average Bonchev–Trinajstić information content (AvgIpc) is 2.46. The van der Waals surface area contributed by atoms with Crippen LogP contribution >= 0.6 is 0 Å². The van der Waals surface area contributed by atoms with E-state index in [9.17, 15) is 4.79 Å². The number of rotatable bonds is 2. The molecule has 0 saturated heterocycles. The van der Waals surface area contributed by atoms with Gasteiger partial charge in [-0.1, -0.05) is 25.1 Å². The molecule has 1 atom stereocenters. The maximum absolute atomic E-state index is 11.5. The molecular formula is C16H18N4O. The third-order valence-electron chi connectivity index (χ3n) is 3.81. The molecule has 5 heteroatoms. The summed E-state index contributed by atoms with van der Waals surface area (Å²) in [4.78, 5) is 18.0. The Labute approximate surface area is 123 Å². The molecule has 0 fully saturated rings. The molecule has 1 amide bonds. The minimum atomic E-state index is -0.533. The fraction of sp³-hybridized carbons (Fsp3) is 0.250. The van der Waals surface area contributed by atoms with Gasteiger partial charge in [-0.15, -0.1) is 0 Å². The van der Waals surface area contributed by atoms with Crippen molar-refractivity contribution in [1.82, 2.24) is 4.98 Å². The molecule has 1 aromatic carbocycles. The van der Waals surface area contributed by atoms with Gasteiger partial charge in [0.2, 0.25) is 0 Å². The number of pyridine rings is 1. The number of aromatic nitrogens is 1. The van der Waals surface area contributed by atoms with Crippen molar-refractivity contribution in [3.8, 4) is 0 Å². The summed E-state index contributed by atoms with van der Waals surface area (Å²) in [5, 5.41) is 0. The molecule has 1 aromatic heterocycles. The lowest BCUT2D eigenvalue weighted by Crippen LogP contribution is -2.31. The number of nitrogens with two attached hydrogens (primary N) is 2. The van der Waals surface area contributed by atoms with Gasteiger partial charge in [0.1, 0.15) is 5.82 Å². The summed E-state index contributed by atoms with van der Waals surface area (Å²) in [5.74, 6) is 0.683. The van der Waals surface area contributed by atoms with Crippen LogP contribution in [0.15, 0.2) is 36.5 Å². The normalized spacial score (nSPS) is 17.4. The molecule has 21 heavy (non-hydrogen) atoms. The number of anilines is 3. The molecule has 0 bridgehead atoms. The van der Waals surface area contributed by atoms with Gasteiger partial charge in [-0.25, -0.2) is 4.98 Å². The van der Waals surface area contributed by atoms with E-state index in [1.165, 1.54) is 11.8 Å². The first-order valence-corrected chi connectivity index (χ1v) is 6.97. The van der Waals surface area contributed by atoms with Crippen LogP contribution in [0, 0.1) is 5.92 Å². The van der Waals surface area contributed by atoms with E-state index in [-0.39, 0.29) is 0 Å². The number of benzene rings is 1. The number of carbonyl (C=O) groups excluding carboxylic acids is 1. The van der Waals surface area contributed by atoms with Gasteiger partial charge in [0, 0.05) is 12.2 Å². The predicted octanol–water partition coefficient (Wildman–Crippen LogP) is 2.09.